The molecule has 0 radical (unpaired) electrons. The number of likely N-dealkylation sites (tertiary alicyclic amines) is 1. The molecule has 8 heteroatoms. The molecular formula is C27H27Cl3N4O. The molecule has 0 aliphatic carbocycles. The van der Waals surface area contributed by atoms with E-state index in [-0.39, 0.29) is 11.6 Å². The highest BCUT2D eigenvalue weighted by atomic mass is 35.5. The van der Waals surface area contributed by atoms with Crippen molar-refractivity contribution in [3.05, 3.63) is 70.8 Å². The van der Waals surface area contributed by atoms with Crippen molar-refractivity contribution in [2.24, 2.45) is 0 Å². The molecule has 0 saturated carbocycles. The Labute approximate surface area is 220 Å². The summed E-state index contributed by atoms with van der Waals surface area (Å²) >= 11 is 19.3. The number of unbranched alkanes of at least 4 members (excludes halogenated alkanes) is 2. The Bertz CT molecular complexity index is 1300. The van der Waals surface area contributed by atoms with Crippen molar-refractivity contribution in [1.82, 2.24) is 19.5 Å². The highest BCUT2D eigenvalue weighted by Crippen LogP contribution is 2.39. The number of benzene rings is 2. The minimum Gasteiger partial charge on any atom is -0.471 e. The molecule has 0 N–H and O–H groups in total. The molecule has 182 valence electrons. The normalized spacial score (nSPS) is 15.3. The van der Waals surface area contributed by atoms with Gasteiger partial charge in [0.2, 0.25) is 5.88 Å². The SMILES string of the molecule is CCCCCC(Cl)N1CC(Oc2ccnc3c(-c4ccc(Cl)cc4)c(-c4ccccc4Cl)nn23)C1. The number of nitrogens with zero attached hydrogens (tertiary/aromatic N) is 4. The van der Waals surface area contributed by atoms with Crippen molar-refractivity contribution in [3.8, 4) is 28.3 Å². The van der Waals surface area contributed by atoms with Gasteiger partial charge >= 0.3 is 0 Å². The van der Waals surface area contributed by atoms with Crippen molar-refractivity contribution in [1.29, 1.82) is 0 Å². The topological polar surface area (TPSA) is 42.7 Å². The predicted octanol–water partition coefficient (Wildman–Crippen LogP) is 7.58. The summed E-state index contributed by atoms with van der Waals surface area (Å²) in [5.74, 6) is 0.644. The zero-order valence-electron chi connectivity index (χ0n) is 19.5. The molecule has 2 aromatic carbocycles. The predicted molar refractivity (Wildman–Crippen MR) is 144 cm³/mol. The van der Waals surface area contributed by atoms with Crippen molar-refractivity contribution >= 4 is 40.4 Å². The molecule has 4 aromatic rings. The summed E-state index contributed by atoms with van der Waals surface area (Å²) in [5, 5.41) is 6.22. The van der Waals surface area contributed by atoms with Crippen molar-refractivity contribution in [3.63, 3.8) is 0 Å². The van der Waals surface area contributed by atoms with Gasteiger partial charge in [0.05, 0.1) is 16.1 Å². The maximum absolute atomic E-state index is 6.59. The van der Waals surface area contributed by atoms with E-state index in [9.17, 15) is 0 Å². The molecule has 0 spiro atoms. The average molecular weight is 530 g/mol. The molecule has 5 rings (SSSR count). The number of hydrogen-bond donors (Lipinski definition) is 0. The van der Waals surface area contributed by atoms with Crippen LogP contribution in [-0.2, 0) is 0 Å². The van der Waals surface area contributed by atoms with E-state index in [2.05, 4.69) is 16.8 Å². The van der Waals surface area contributed by atoms with E-state index in [1.54, 1.807) is 10.7 Å². The van der Waals surface area contributed by atoms with Crippen LogP contribution in [0.1, 0.15) is 32.6 Å². The summed E-state index contributed by atoms with van der Waals surface area (Å²) in [6.45, 7) is 3.80. The number of fused-ring (bicyclic) bond motifs is 1. The summed E-state index contributed by atoms with van der Waals surface area (Å²) in [7, 11) is 0. The molecular weight excluding hydrogens is 503 g/mol. The first-order valence-corrected chi connectivity index (χ1v) is 13.2. The molecule has 5 nitrogen and oxygen atoms in total. The Morgan fingerprint density at radius 1 is 1.03 bits per heavy atom. The van der Waals surface area contributed by atoms with Gasteiger partial charge in [0.25, 0.3) is 0 Å². The first-order chi connectivity index (χ1) is 17.0. The van der Waals surface area contributed by atoms with Crippen LogP contribution >= 0.6 is 34.8 Å². The molecule has 2 aromatic heterocycles. The van der Waals surface area contributed by atoms with Crippen LogP contribution in [0, 0.1) is 0 Å². The van der Waals surface area contributed by atoms with E-state index in [0.717, 1.165) is 48.3 Å². The second-order valence-electron chi connectivity index (χ2n) is 8.85. The van der Waals surface area contributed by atoms with E-state index in [1.807, 2.05) is 54.6 Å². The van der Waals surface area contributed by atoms with Crippen LogP contribution in [0.3, 0.4) is 0 Å². The molecule has 1 atom stereocenters. The van der Waals surface area contributed by atoms with Crippen molar-refractivity contribution in [2.45, 2.75) is 44.2 Å². The largest absolute Gasteiger partial charge is 0.471 e. The molecule has 1 fully saturated rings. The van der Waals surface area contributed by atoms with E-state index in [0.29, 0.717) is 21.6 Å². The molecule has 3 heterocycles. The minimum atomic E-state index is 0.0555. The van der Waals surface area contributed by atoms with Gasteiger partial charge in [-0.1, -0.05) is 79.7 Å². The van der Waals surface area contributed by atoms with Crippen LogP contribution in [0.25, 0.3) is 28.0 Å². The Morgan fingerprint density at radius 2 is 1.80 bits per heavy atom. The molecule has 1 unspecified atom stereocenters. The lowest BCUT2D eigenvalue weighted by Gasteiger charge is -2.41. The van der Waals surface area contributed by atoms with Gasteiger partial charge in [-0.15, -0.1) is 11.6 Å². The van der Waals surface area contributed by atoms with Gasteiger partial charge in [-0.05, 0) is 30.2 Å². The average Bonchev–Trinajstić information content (AvgIpc) is 3.22. The lowest BCUT2D eigenvalue weighted by atomic mass is 10.0. The fourth-order valence-corrected chi connectivity index (χ4v) is 5.09. The van der Waals surface area contributed by atoms with E-state index in [4.69, 9.17) is 44.6 Å². The Morgan fingerprint density at radius 3 is 2.54 bits per heavy atom. The number of halogens is 3. The summed E-state index contributed by atoms with van der Waals surface area (Å²) < 4.78 is 8.13. The maximum atomic E-state index is 6.59. The molecule has 1 aliphatic heterocycles. The maximum Gasteiger partial charge on any atom is 0.218 e. The lowest BCUT2D eigenvalue weighted by Crippen LogP contribution is -2.56. The fourth-order valence-electron chi connectivity index (χ4n) is 4.43. The molecule has 1 aliphatic rings. The van der Waals surface area contributed by atoms with Crippen molar-refractivity contribution < 1.29 is 4.74 Å². The zero-order chi connectivity index (χ0) is 24.4. The second kappa shape index (κ2) is 10.8. The third-order valence-corrected chi connectivity index (χ3v) is 7.43. The van der Waals surface area contributed by atoms with Gasteiger partial charge in [-0.3, -0.25) is 4.90 Å². The van der Waals surface area contributed by atoms with Gasteiger partial charge in [0.15, 0.2) is 5.65 Å². The number of alkyl halides is 1. The van der Waals surface area contributed by atoms with Gasteiger partial charge in [-0.25, -0.2) is 4.98 Å². The summed E-state index contributed by atoms with van der Waals surface area (Å²) in [6.07, 6.45) is 6.39. The fraction of sp³-hybridized carbons (Fsp3) is 0.333. The third-order valence-electron chi connectivity index (χ3n) is 6.35. The van der Waals surface area contributed by atoms with Crippen LogP contribution in [-0.4, -0.2) is 44.2 Å². The minimum absolute atomic E-state index is 0.0555. The monoisotopic (exact) mass is 528 g/mol. The van der Waals surface area contributed by atoms with Gasteiger partial charge < -0.3 is 4.74 Å². The van der Waals surface area contributed by atoms with Gasteiger partial charge in [0.1, 0.15) is 11.8 Å². The van der Waals surface area contributed by atoms with Crippen molar-refractivity contribution in [2.75, 3.05) is 13.1 Å². The summed E-state index contributed by atoms with van der Waals surface area (Å²) in [5.41, 5.74) is 4.18. The standard InChI is InChI=1S/C27H27Cl3N4O/c1-2-3-4-9-23(30)33-16-20(17-33)35-24-14-15-31-27-25(18-10-12-19(28)13-11-18)26(32-34(24)27)21-7-5-6-8-22(21)29/h5-8,10-15,20,23H,2-4,9,16-17H2,1H3. The highest BCUT2D eigenvalue weighted by molar-refractivity contribution is 6.33. The van der Waals surface area contributed by atoms with Crippen LogP contribution in [0.5, 0.6) is 5.88 Å². The van der Waals surface area contributed by atoms with Crippen LogP contribution in [0.4, 0.5) is 0 Å². The molecule has 35 heavy (non-hydrogen) atoms. The van der Waals surface area contributed by atoms with Gasteiger partial charge in [-0.2, -0.15) is 9.61 Å². The molecule has 0 bridgehead atoms. The van der Waals surface area contributed by atoms with Crippen LogP contribution in [0.15, 0.2) is 60.8 Å². The Kier molecular flexibility index (Phi) is 7.49. The zero-order valence-corrected chi connectivity index (χ0v) is 21.8. The second-order valence-corrected chi connectivity index (χ2v) is 10.2. The molecule has 0 amide bonds. The summed E-state index contributed by atoms with van der Waals surface area (Å²) in [4.78, 5) is 6.93. The van der Waals surface area contributed by atoms with E-state index in [1.165, 1.54) is 12.8 Å². The van der Waals surface area contributed by atoms with Crippen LogP contribution in [0.2, 0.25) is 10.0 Å². The highest BCUT2D eigenvalue weighted by Gasteiger charge is 2.33. The first kappa shape index (κ1) is 24.4. The molecule has 1 saturated heterocycles. The first-order valence-electron chi connectivity index (χ1n) is 12.0. The van der Waals surface area contributed by atoms with E-state index < -0.39 is 0 Å². The van der Waals surface area contributed by atoms with E-state index >= 15 is 0 Å². The van der Waals surface area contributed by atoms with Gasteiger partial charge in [0, 0.05) is 35.9 Å². The summed E-state index contributed by atoms with van der Waals surface area (Å²) in [6, 6.07) is 17.2. The lowest BCUT2D eigenvalue weighted by molar-refractivity contribution is 0.00468. The number of hydrogen-bond acceptors (Lipinski definition) is 4. The number of rotatable bonds is 9. The Hall–Kier alpha value is -2.31. The van der Waals surface area contributed by atoms with Crippen LogP contribution < -0.4 is 4.74 Å². The smallest absolute Gasteiger partial charge is 0.218 e. The number of aromatic nitrogens is 3. The third kappa shape index (κ3) is 5.14. The quantitative estimate of drug-likeness (QED) is 0.127. The number of ether oxygens (including phenoxy) is 1. The Balaban J connectivity index is 1.46.